The highest BCUT2D eigenvalue weighted by molar-refractivity contribution is 6.09. The van der Waals surface area contributed by atoms with E-state index in [2.05, 4.69) is 25.6 Å². The molecule has 3 N–H and O–H groups in total. The van der Waals surface area contributed by atoms with Crippen LogP contribution in [0.5, 0.6) is 5.75 Å². The molecule has 40 heavy (non-hydrogen) atoms. The molecule has 0 saturated heterocycles. The quantitative estimate of drug-likeness (QED) is 0.354. The number of carbonyl (C=O) groups is 2. The fourth-order valence-electron chi connectivity index (χ4n) is 5.15. The van der Waals surface area contributed by atoms with Gasteiger partial charge >= 0.3 is 6.18 Å². The molecule has 214 valence electrons. The summed E-state index contributed by atoms with van der Waals surface area (Å²) < 4.78 is 51.6. The van der Waals surface area contributed by atoms with Crippen LogP contribution in [0, 0.1) is 12.8 Å². The number of amides is 2. The third-order valence-electron chi connectivity index (χ3n) is 7.44. The summed E-state index contributed by atoms with van der Waals surface area (Å²) in [5.74, 6) is 0.212. The Morgan fingerprint density at radius 1 is 1.05 bits per heavy atom. The third-order valence-corrected chi connectivity index (χ3v) is 7.44. The molecule has 1 aromatic carbocycles. The molecule has 2 saturated carbocycles. The van der Waals surface area contributed by atoms with Crippen molar-refractivity contribution in [1.82, 2.24) is 25.6 Å². The van der Waals surface area contributed by atoms with Crippen LogP contribution in [0.3, 0.4) is 0 Å². The minimum Gasteiger partial charge on any atom is -0.493 e. The van der Waals surface area contributed by atoms with Gasteiger partial charge in [0.25, 0.3) is 5.91 Å². The van der Waals surface area contributed by atoms with Crippen LogP contribution >= 0.6 is 0 Å². The average Bonchev–Trinajstić information content (AvgIpc) is 3.67. The fourth-order valence-corrected chi connectivity index (χ4v) is 5.15. The number of aryl methyl sites for hydroxylation is 1. The van der Waals surface area contributed by atoms with Crippen LogP contribution in [0.1, 0.15) is 60.1 Å². The topological polar surface area (TPSA) is 118 Å². The van der Waals surface area contributed by atoms with Gasteiger partial charge in [-0.2, -0.15) is 13.2 Å². The van der Waals surface area contributed by atoms with E-state index in [4.69, 9.17) is 9.47 Å². The summed E-state index contributed by atoms with van der Waals surface area (Å²) in [6.07, 6.45) is 1.60. The maximum absolute atomic E-state index is 13.6. The van der Waals surface area contributed by atoms with E-state index in [1.165, 1.54) is 19.5 Å². The van der Waals surface area contributed by atoms with E-state index >= 15 is 0 Å². The van der Waals surface area contributed by atoms with Gasteiger partial charge in [0.15, 0.2) is 0 Å². The maximum Gasteiger partial charge on any atom is 0.416 e. The number of aromatic amines is 1. The molecular weight excluding hydrogens is 527 g/mol. The lowest BCUT2D eigenvalue weighted by Gasteiger charge is -2.29. The molecular formula is C28H32F3N5O4. The lowest BCUT2D eigenvalue weighted by atomic mass is 9.91. The predicted octanol–water partition coefficient (Wildman–Crippen LogP) is 4.54. The Balaban J connectivity index is 1.39. The summed E-state index contributed by atoms with van der Waals surface area (Å²) in [5, 5.41) is 6.00. The zero-order valence-electron chi connectivity index (χ0n) is 22.4. The second-order valence-electron chi connectivity index (χ2n) is 10.6. The molecule has 0 aliphatic heterocycles. The van der Waals surface area contributed by atoms with E-state index in [9.17, 15) is 22.8 Å². The van der Waals surface area contributed by atoms with Crippen LogP contribution in [0.2, 0.25) is 0 Å². The normalized spacial score (nSPS) is 19.4. The number of hydrogen-bond acceptors (Lipinski definition) is 6. The van der Waals surface area contributed by atoms with E-state index in [1.807, 2.05) is 0 Å². The van der Waals surface area contributed by atoms with Gasteiger partial charge in [0.2, 0.25) is 5.91 Å². The molecule has 2 heterocycles. The number of nitrogens with zero attached hydrogens (tertiary/aromatic N) is 2. The number of nitrogens with one attached hydrogen (secondary N) is 3. The number of rotatable bonds is 9. The molecule has 3 aromatic rings. The largest absolute Gasteiger partial charge is 0.493 e. The minimum absolute atomic E-state index is 0.00892. The van der Waals surface area contributed by atoms with Gasteiger partial charge in [-0.25, -0.2) is 9.97 Å². The Labute approximate surface area is 229 Å². The smallest absolute Gasteiger partial charge is 0.416 e. The van der Waals surface area contributed by atoms with Crippen LogP contribution in [-0.2, 0) is 15.7 Å². The molecule has 2 amide bonds. The van der Waals surface area contributed by atoms with Crippen molar-refractivity contribution in [3.05, 3.63) is 41.3 Å². The summed E-state index contributed by atoms with van der Waals surface area (Å²) >= 11 is 0. The standard InChI is InChI=1S/C28H32F3N5O4/c1-15-23(27(38)36-19-8-6-18(7-9-19)35-22(37)13-39-2)25-26(34-15)24(32-14-33-25)20-11-17(28(29,30)31)5-10-21(20)40-12-16-3-4-16/h5,10-11,14,16,18-19,34H,3-4,6-9,12-13H2,1-2H3,(H,35,37)(H,36,38)/t18-,19+. The first kappa shape index (κ1) is 27.9. The van der Waals surface area contributed by atoms with E-state index in [-0.39, 0.29) is 41.8 Å². The summed E-state index contributed by atoms with van der Waals surface area (Å²) in [6.45, 7) is 2.15. The van der Waals surface area contributed by atoms with Crippen molar-refractivity contribution in [2.45, 2.75) is 63.7 Å². The molecule has 12 heteroatoms. The highest BCUT2D eigenvalue weighted by Gasteiger charge is 2.33. The Morgan fingerprint density at radius 2 is 1.75 bits per heavy atom. The summed E-state index contributed by atoms with van der Waals surface area (Å²) in [4.78, 5) is 36.9. The van der Waals surface area contributed by atoms with Gasteiger partial charge in [-0.3, -0.25) is 9.59 Å². The zero-order chi connectivity index (χ0) is 28.4. The van der Waals surface area contributed by atoms with Gasteiger partial charge in [-0.05, 0) is 69.6 Å². The molecule has 9 nitrogen and oxygen atoms in total. The van der Waals surface area contributed by atoms with Crippen molar-refractivity contribution in [2.75, 3.05) is 20.3 Å². The molecule has 0 atom stereocenters. The molecule has 0 bridgehead atoms. The Kier molecular flexibility index (Phi) is 7.97. The number of halogens is 3. The Hall–Kier alpha value is -3.67. The lowest BCUT2D eigenvalue weighted by Crippen LogP contribution is -2.44. The third kappa shape index (κ3) is 6.22. The minimum atomic E-state index is -4.54. The van der Waals surface area contributed by atoms with Crippen LogP contribution < -0.4 is 15.4 Å². The van der Waals surface area contributed by atoms with Crippen molar-refractivity contribution in [2.24, 2.45) is 5.92 Å². The Morgan fingerprint density at radius 3 is 2.40 bits per heavy atom. The molecule has 2 aliphatic rings. The van der Waals surface area contributed by atoms with E-state index in [0.29, 0.717) is 53.4 Å². The van der Waals surface area contributed by atoms with Crippen LogP contribution in [0.25, 0.3) is 22.3 Å². The van der Waals surface area contributed by atoms with E-state index in [0.717, 1.165) is 37.8 Å². The molecule has 2 aromatic heterocycles. The number of H-pyrrole nitrogens is 1. The van der Waals surface area contributed by atoms with Gasteiger partial charge < -0.3 is 25.1 Å². The van der Waals surface area contributed by atoms with Gasteiger partial charge in [-0.15, -0.1) is 0 Å². The summed E-state index contributed by atoms with van der Waals surface area (Å²) in [6, 6.07) is 3.31. The van der Waals surface area contributed by atoms with Crippen molar-refractivity contribution in [1.29, 1.82) is 0 Å². The van der Waals surface area contributed by atoms with Gasteiger partial charge in [0.1, 0.15) is 29.9 Å². The second kappa shape index (κ2) is 11.4. The van der Waals surface area contributed by atoms with E-state index in [1.54, 1.807) is 6.92 Å². The molecule has 0 spiro atoms. The van der Waals surface area contributed by atoms with Gasteiger partial charge in [-0.1, -0.05) is 0 Å². The number of fused-ring (bicyclic) bond motifs is 1. The highest BCUT2D eigenvalue weighted by Crippen LogP contribution is 2.40. The number of methoxy groups -OCH3 is 1. The van der Waals surface area contributed by atoms with Gasteiger partial charge in [0, 0.05) is 30.5 Å². The second-order valence-corrected chi connectivity index (χ2v) is 10.6. The van der Waals surface area contributed by atoms with Crippen LogP contribution in [-0.4, -0.2) is 59.2 Å². The molecule has 2 aliphatic carbocycles. The monoisotopic (exact) mass is 559 g/mol. The molecule has 2 fully saturated rings. The van der Waals surface area contributed by atoms with Crippen molar-refractivity contribution >= 4 is 22.8 Å². The van der Waals surface area contributed by atoms with Gasteiger partial charge in [0.05, 0.1) is 23.3 Å². The average molecular weight is 560 g/mol. The van der Waals surface area contributed by atoms with Crippen molar-refractivity contribution in [3.63, 3.8) is 0 Å². The summed E-state index contributed by atoms with van der Waals surface area (Å²) in [7, 11) is 1.47. The lowest BCUT2D eigenvalue weighted by molar-refractivity contribution is -0.137. The van der Waals surface area contributed by atoms with Crippen molar-refractivity contribution < 1.29 is 32.2 Å². The first-order valence-electron chi connectivity index (χ1n) is 13.4. The van der Waals surface area contributed by atoms with E-state index < -0.39 is 11.7 Å². The zero-order valence-corrected chi connectivity index (χ0v) is 22.4. The molecule has 0 unspecified atom stereocenters. The molecule has 0 radical (unpaired) electrons. The number of ether oxygens (including phenoxy) is 2. The predicted molar refractivity (Wildman–Crippen MR) is 141 cm³/mol. The number of aromatic nitrogens is 3. The maximum atomic E-state index is 13.6. The molecule has 5 rings (SSSR count). The summed E-state index contributed by atoms with van der Waals surface area (Å²) in [5.41, 5.74) is 1.14. The first-order chi connectivity index (χ1) is 19.1. The number of carbonyl (C=O) groups excluding carboxylic acids is 2. The van der Waals surface area contributed by atoms with Crippen LogP contribution in [0.4, 0.5) is 13.2 Å². The highest BCUT2D eigenvalue weighted by atomic mass is 19.4. The van der Waals surface area contributed by atoms with Crippen molar-refractivity contribution in [3.8, 4) is 17.0 Å². The SMILES string of the molecule is COCC(=O)N[C@H]1CC[C@@H](NC(=O)c2c(C)[nH]c3c(-c4cc(C(F)(F)F)ccc4OCC4CC4)ncnc23)CC1. The fraction of sp³-hybridized carbons (Fsp3) is 0.500. The number of hydrogen-bond donors (Lipinski definition) is 3. The Bertz CT molecular complexity index is 1390. The number of alkyl halides is 3. The first-order valence-corrected chi connectivity index (χ1v) is 13.4. The van der Waals surface area contributed by atoms with Crippen LogP contribution in [0.15, 0.2) is 24.5 Å². The number of benzene rings is 1.